The number of thiophene rings is 1. The van der Waals surface area contributed by atoms with E-state index in [2.05, 4.69) is 22.3 Å². The van der Waals surface area contributed by atoms with Gasteiger partial charge in [0, 0.05) is 6.04 Å². The van der Waals surface area contributed by atoms with Crippen molar-refractivity contribution in [3.05, 3.63) is 22.4 Å². The molecule has 1 unspecified atom stereocenters. The Labute approximate surface area is 126 Å². The van der Waals surface area contributed by atoms with Gasteiger partial charge in [-0.15, -0.1) is 0 Å². The van der Waals surface area contributed by atoms with Crippen LogP contribution in [-0.2, 0) is 6.42 Å². The second-order valence-electron chi connectivity index (χ2n) is 7.67. The molecule has 1 aromatic rings. The van der Waals surface area contributed by atoms with Gasteiger partial charge < -0.3 is 0 Å². The van der Waals surface area contributed by atoms with Crippen molar-refractivity contribution in [1.82, 2.24) is 5.43 Å². The minimum Gasteiger partial charge on any atom is -0.271 e. The van der Waals surface area contributed by atoms with E-state index in [0.29, 0.717) is 11.5 Å². The summed E-state index contributed by atoms with van der Waals surface area (Å²) in [5.74, 6) is 9.02. The van der Waals surface area contributed by atoms with Crippen LogP contribution in [0.25, 0.3) is 0 Å². The quantitative estimate of drug-likeness (QED) is 0.640. The molecule has 1 aromatic heterocycles. The minimum atomic E-state index is 0.524. The lowest BCUT2D eigenvalue weighted by atomic mass is 9.47. The fourth-order valence-electron chi connectivity index (χ4n) is 5.92. The molecule has 4 fully saturated rings. The monoisotopic (exact) mass is 290 g/mol. The maximum Gasteiger partial charge on any atom is 0.0270 e. The van der Waals surface area contributed by atoms with Crippen molar-refractivity contribution in [2.75, 3.05) is 0 Å². The van der Waals surface area contributed by atoms with Crippen molar-refractivity contribution in [1.29, 1.82) is 0 Å². The van der Waals surface area contributed by atoms with Crippen molar-refractivity contribution in [3.8, 4) is 0 Å². The lowest BCUT2D eigenvalue weighted by Crippen LogP contribution is -2.57. The highest BCUT2D eigenvalue weighted by Gasteiger charge is 2.53. The van der Waals surface area contributed by atoms with Gasteiger partial charge in [-0.3, -0.25) is 11.3 Å². The predicted molar refractivity (Wildman–Crippen MR) is 84.4 cm³/mol. The lowest BCUT2D eigenvalue weighted by molar-refractivity contribution is -0.0751. The zero-order valence-electron chi connectivity index (χ0n) is 12.2. The predicted octanol–water partition coefficient (Wildman–Crippen LogP) is 3.73. The Kier molecular flexibility index (Phi) is 3.40. The highest BCUT2D eigenvalue weighted by atomic mass is 32.1. The molecule has 3 N–H and O–H groups in total. The van der Waals surface area contributed by atoms with Gasteiger partial charge in [0.2, 0.25) is 0 Å². The van der Waals surface area contributed by atoms with Crippen LogP contribution in [0.15, 0.2) is 16.8 Å². The van der Waals surface area contributed by atoms with Gasteiger partial charge in [-0.2, -0.15) is 11.3 Å². The molecular weight excluding hydrogens is 264 g/mol. The van der Waals surface area contributed by atoms with Crippen LogP contribution in [0.3, 0.4) is 0 Å². The zero-order chi connectivity index (χ0) is 13.6. The molecule has 2 nitrogen and oxygen atoms in total. The molecule has 4 saturated carbocycles. The molecule has 20 heavy (non-hydrogen) atoms. The smallest absolute Gasteiger partial charge is 0.0270 e. The van der Waals surface area contributed by atoms with E-state index >= 15 is 0 Å². The van der Waals surface area contributed by atoms with E-state index in [-0.39, 0.29) is 0 Å². The molecule has 0 aromatic carbocycles. The van der Waals surface area contributed by atoms with Crippen molar-refractivity contribution < 1.29 is 0 Å². The maximum absolute atomic E-state index is 5.99. The van der Waals surface area contributed by atoms with Crippen molar-refractivity contribution in [3.63, 3.8) is 0 Å². The molecule has 0 amide bonds. The Morgan fingerprint density at radius 2 is 1.85 bits per heavy atom. The average Bonchev–Trinajstić information content (AvgIpc) is 2.90. The Balaban J connectivity index is 1.49. The first-order valence-corrected chi connectivity index (χ1v) is 9.19. The largest absolute Gasteiger partial charge is 0.271 e. The summed E-state index contributed by atoms with van der Waals surface area (Å²) in [6.07, 6.45) is 11.3. The van der Waals surface area contributed by atoms with Gasteiger partial charge in [0.15, 0.2) is 0 Å². The highest BCUT2D eigenvalue weighted by molar-refractivity contribution is 7.07. The van der Waals surface area contributed by atoms with E-state index in [1.165, 1.54) is 56.9 Å². The summed E-state index contributed by atoms with van der Waals surface area (Å²) < 4.78 is 0. The summed E-state index contributed by atoms with van der Waals surface area (Å²) in [5.41, 5.74) is 5.24. The molecule has 3 heteroatoms. The van der Waals surface area contributed by atoms with Crippen LogP contribution < -0.4 is 11.3 Å². The van der Waals surface area contributed by atoms with E-state index in [1.807, 2.05) is 0 Å². The number of hydrogen-bond acceptors (Lipinski definition) is 3. The van der Waals surface area contributed by atoms with Crippen LogP contribution in [-0.4, -0.2) is 6.04 Å². The molecule has 0 spiro atoms. The maximum atomic E-state index is 5.99. The summed E-state index contributed by atoms with van der Waals surface area (Å²) in [5, 5.41) is 4.47. The third kappa shape index (κ3) is 2.24. The molecule has 4 bridgehead atoms. The first-order chi connectivity index (χ1) is 9.77. The van der Waals surface area contributed by atoms with E-state index in [9.17, 15) is 0 Å². The van der Waals surface area contributed by atoms with E-state index < -0.39 is 0 Å². The Hall–Kier alpha value is -0.380. The number of hydrazine groups is 1. The topological polar surface area (TPSA) is 38.0 Å². The van der Waals surface area contributed by atoms with Gasteiger partial charge in [-0.1, -0.05) is 0 Å². The van der Waals surface area contributed by atoms with E-state index in [0.717, 1.165) is 17.8 Å². The standard InChI is InChI=1S/C17H26N2S/c18-19-16(2-1-12-3-4-20-11-12)17-8-13-5-14(9-17)7-15(6-13)10-17/h3-4,11,13-16,19H,1-2,5-10,18H2. The molecule has 110 valence electrons. The molecule has 0 radical (unpaired) electrons. The van der Waals surface area contributed by atoms with Crippen LogP contribution in [0.5, 0.6) is 0 Å². The fraction of sp³-hybridized carbons (Fsp3) is 0.765. The molecular formula is C17H26N2S. The number of aryl methyl sites for hydroxylation is 1. The summed E-state index contributed by atoms with van der Waals surface area (Å²) >= 11 is 1.81. The molecule has 1 heterocycles. The van der Waals surface area contributed by atoms with Crippen molar-refractivity contribution in [2.24, 2.45) is 29.0 Å². The molecule has 0 aliphatic heterocycles. The zero-order valence-corrected chi connectivity index (χ0v) is 13.0. The number of hydrogen-bond donors (Lipinski definition) is 2. The fourth-order valence-corrected chi connectivity index (χ4v) is 6.62. The van der Waals surface area contributed by atoms with Crippen LogP contribution >= 0.6 is 11.3 Å². The van der Waals surface area contributed by atoms with Gasteiger partial charge >= 0.3 is 0 Å². The molecule has 0 saturated heterocycles. The summed E-state index contributed by atoms with van der Waals surface area (Å²) in [7, 11) is 0. The minimum absolute atomic E-state index is 0.524. The third-order valence-electron chi connectivity index (χ3n) is 6.33. The molecule has 4 aliphatic rings. The van der Waals surface area contributed by atoms with Crippen LogP contribution in [0, 0.1) is 23.2 Å². The van der Waals surface area contributed by atoms with Gasteiger partial charge in [0.05, 0.1) is 0 Å². The molecule has 5 rings (SSSR count). The Bertz CT molecular complexity index is 418. The number of nitrogens with one attached hydrogen (secondary N) is 1. The Morgan fingerprint density at radius 1 is 1.20 bits per heavy atom. The van der Waals surface area contributed by atoms with Gasteiger partial charge in [-0.25, -0.2) is 0 Å². The van der Waals surface area contributed by atoms with Gasteiger partial charge in [-0.05, 0) is 96.9 Å². The first-order valence-electron chi connectivity index (χ1n) is 8.24. The Morgan fingerprint density at radius 3 is 2.35 bits per heavy atom. The normalized spacial score (nSPS) is 40.1. The SMILES string of the molecule is NNC(CCc1ccsc1)C12CC3CC(CC(C3)C1)C2. The molecule has 4 aliphatic carbocycles. The summed E-state index contributed by atoms with van der Waals surface area (Å²) in [6, 6.07) is 2.79. The first kappa shape index (κ1) is 13.3. The third-order valence-corrected chi connectivity index (χ3v) is 7.06. The van der Waals surface area contributed by atoms with E-state index in [4.69, 9.17) is 5.84 Å². The van der Waals surface area contributed by atoms with Gasteiger partial charge in [0.25, 0.3) is 0 Å². The van der Waals surface area contributed by atoms with Crippen molar-refractivity contribution in [2.45, 2.75) is 57.4 Å². The van der Waals surface area contributed by atoms with Gasteiger partial charge in [0.1, 0.15) is 0 Å². The van der Waals surface area contributed by atoms with E-state index in [1.54, 1.807) is 11.3 Å². The summed E-state index contributed by atoms with van der Waals surface area (Å²) in [6.45, 7) is 0. The summed E-state index contributed by atoms with van der Waals surface area (Å²) in [4.78, 5) is 0. The van der Waals surface area contributed by atoms with Crippen LogP contribution in [0.4, 0.5) is 0 Å². The molecule has 1 atom stereocenters. The second kappa shape index (κ2) is 5.11. The van der Waals surface area contributed by atoms with Crippen molar-refractivity contribution >= 4 is 11.3 Å². The van der Waals surface area contributed by atoms with Crippen LogP contribution in [0.2, 0.25) is 0 Å². The second-order valence-corrected chi connectivity index (χ2v) is 8.45. The highest BCUT2D eigenvalue weighted by Crippen LogP contribution is 2.61. The van der Waals surface area contributed by atoms with Crippen LogP contribution in [0.1, 0.15) is 50.5 Å². The lowest BCUT2D eigenvalue weighted by Gasteiger charge is -2.59. The average molecular weight is 290 g/mol. The number of rotatable bonds is 5. The number of nitrogens with two attached hydrogens (primary N) is 1.